The van der Waals surface area contributed by atoms with Crippen molar-refractivity contribution in [3.05, 3.63) is 96.1 Å². The summed E-state index contributed by atoms with van der Waals surface area (Å²) in [5.74, 6) is 0. The predicted octanol–water partition coefficient (Wildman–Crippen LogP) is 4.24. The Morgan fingerprint density at radius 1 is 0.739 bits per heavy atom. The highest BCUT2D eigenvalue weighted by Gasteiger charge is 2.17. The van der Waals surface area contributed by atoms with Crippen LogP contribution < -0.4 is 0 Å². The summed E-state index contributed by atoms with van der Waals surface area (Å²) < 4.78 is 0. The lowest BCUT2D eigenvalue weighted by atomic mass is 10.1. The Bertz CT molecular complexity index is 657. The third kappa shape index (κ3) is 4.24. The van der Waals surface area contributed by atoms with Gasteiger partial charge in [-0.1, -0.05) is 42.5 Å². The quantitative estimate of drug-likeness (QED) is 0.682. The van der Waals surface area contributed by atoms with Gasteiger partial charge in [0.05, 0.1) is 11.4 Å². The number of pyridine rings is 2. The van der Waals surface area contributed by atoms with E-state index in [1.165, 1.54) is 5.56 Å². The lowest BCUT2D eigenvalue weighted by Crippen LogP contribution is -2.27. The van der Waals surface area contributed by atoms with Gasteiger partial charge in [-0.3, -0.25) is 14.9 Å². The second-order valence-electron chi connectivity index (χ2n) is 5.63. The van der Waals surface area contributed by atoms with Crippen LogP contribution in [0, 0.1) is 0 Å². The fourth-order valence-electron chi connectivity index (χ4n) is 2.67. The Morgan fingerprint density at radius 2 is 1.26 bits per heavy atom. The summed E-state index contributed by atoms with van der Waals surface area (Å²) >= 11 is 0. The van der Waals surface area contributed by atoms with E-state index < -0.39 is 0 Å². The van der Waals surface area contributed by atoms with Crippen LogP contribution in [0.15, 0.2) is 79.1 Å². The molecule has 3 heteroatoms. The molecule has 3 nitrogen and oxygen atoms in total. The molecule has 0 N–H and O–H groups in total. The molecular formula is C20H21N3. The molecule has 2 aromatic heterocycles. The molecule has 0 saturated heterocycles. The van der Waals surface area contributed by atoms with Crippen molar-refractivity contribution in [3.8, 4) is 0 Å². The lowest BCUT2D eigenvalue weighted by Gasteiger charge is -2.29. The van der Waals surface area contributed by atoms with E-state index in [0.29, 0.717) is 6.04 Å². The molecule has 0 aliphatic carbocycles. The van der Waals surface area contributed by atoms with E-state index in [4.69, 9.17) is 0 Å². The Morgan fingerprint density at radius 3 is 1.74 bits per heavy atom. The molecule has 1 unspecified atom stereocenters. The summed E-state index contributed by atoms with van der Waals surface area (Å²) in [5.41, 5.74) is 3.46. The van der Waals surface area contributed by atoms with E-state index >= 15 is 0 Å². The first-order valence-corrected chi connectivity index (χ1v) is 7.92. The number of aromatic nitrogens is 2. The number of benzene rings is 1. The van der Waals surface area contributed by atoms with Crippen molar-refractivity contribution in [3.63, 3.8) is 0 Å². The van der Waals surface area contributed by atoms with Crippen LogP contribution in [0.5, 0.6) is 0 Å². The van der Waals surface area contributed by atoms with Gasteiger partial charge in [-0.2, -0.15) is 0 Å². The van der Waals surface area contributed by atoms with Crippen LogP contribution in [0.2, 0.25) is 0 Å². The van der Waals surface area contributed by atoms with E-state index in [9.17, 15) is 0 Å². The van der Waals surface area contributed by atoms with Crippen LogP contribution in [0.1, 0.15) is 29.9 Å². The van der Waals surface area contributed by atoms with Crippen molar-refractivity contribution in [2.75, 3.05) is 0 Å². The molecule has 0 amide bonds. The molecule has 0 aliphatic rings. The fourth-order valence-corrected chi connectivity index (χ4v) is 2.67. The van der Waals surface area contributed by atoms with Gasteiger partial charge in [0.25, 0.3) is 0 Å². The zero-order valence-electron chi connectivity index (χ0n) is 13.3. The van der Waals surface area contributed by atoms with Crippen molar-refractivity contribution >= 4 is 0 Å². The molecule has 1 aromatic carbocycles. The largest absolute Gasteiger partial charge is 0.285 e. The van der Waals surface area contributed by atoms with Crippen molar-refractivity contribution in [1.82, 2.24) is 14.9 Å². The number of hydrogen-bond acceptors (Lipinski definition) is 3. The minimum absolute atomic E-state index is 0.292. The summed E-state index contributed by atoms with van der Waals surface area (Å²) in [6.45, 7) is 3.84. The topological polar surface area (TPSA) is 29.0 Å². The Balaban J connectivity index is 1.83. The highest BCUT2D eigenvalue weighted by molar-refractivity contribution is 5.19. The van der Waals surface area contributed by atoms with Gasteiger partial charge in [-0.25, -0.2) is 0 Å². The highest BCUT2D eigenvalue weighted by atomic mass is 15.2. The summed E-state index contributed by atoms with van der Waals surface area (Å²) in [7, 11) is 0. The SMILES string of the molecule is CC(c1ccccc1)N(Cc1ccccn1)Cc1ccccn1. The first-order chi connectivity index (χ1) is 11.3. The number of nitrogens with zero attached hydrogens (tertiary/aromatic N) is 3. The van der Waals surface area contributed by atoms with Crippen molar-refractivity contribution in [2.45, 2.75) is 26.1 Å². The monoisotopic (exact) mass is 303 g/mol. The molecule has 3 aromatic rings. The third-order valence-corrected chi connectivity index (χ3v) is 4.01. The van der Waals surface area contributed by atoms with E-state index in [0.717, 1.165) is 24.5 Å². The van der Waals surface area contributed by atoms with Crippen LogP contribution in [0.4, 0.5) is 0 Å². The van der Waals surface area contributed by atoms with Gasteiger partial charge in [-0.15, -0.1) is 0 Å². The van der Waals surface area contributed by atoms with Crippen molar-refractivity contribution in [1.29, 1.82) is 0 Å². The number of rotatable bonds is 6. The molecule has 0 saturated carbocycles. The van der Waals surface area contributed by atoms with Crippen LogP contribution in [0.3, 0.4) is 0 Å². The van der Waals surface area contributed by atoms with Crippen LogP contribution in [0.25, 0.3) is 0 Å². The molecule has 1 atom stereocenters. The van der Waals surface area contributed by atoms with E-state index in [2.05, 4.69) is 64.3 Å². The fraction of sp³-hybridized carbons (Fsp3) is 0.200. The summed E-state index contributed by atoms with van der Waals surface area (Å²) in [4.78, 5) is 11.4. The molecule has 116 valence electrons. The van der Waals surface area contributed by atoms with Crippen LogP contribution in [-0.4, -0.2) is 14.9 Å². The molecule has 0 radical (unpaired) electrons. The average molecular weight is 303 g/mol. The molecule has 0 aliphatic heterocycles. The Labute approximate surface area is 137 Å². The van der Waals surface area contributed by atoms with Crippen LogP contribution in [-0.2, 0) is 13.1 Å². The van der Waals surface area contributed by atoms with E-state index in [1.54, 1.807) is 0 Å². The van der Waals surface area contributed by atoms with Gasteiger partial charge in [0, 0.05) is 31.5 Å². The van der Waals surface area contributed by atoms with Crippen molar-refractivity contribution in [2.24, 2.45) is 0 Å². The molecule has 23 heavy (non-hydrogen) atoms. The molecule has 0 bridgehead atoms. The maximum atomic E-state index is 4.47. The molecule has 2 heterocycles. The van der Waals surface area contributed by atoms with Crippen LogP contribution >= 0.6 is 0 Å². The summed E-state index contributed by atoms with van der Waals surface area (Å²) in [6, 6.07) is 23.0. The standard InChI is InChI=1S/C20H21N3/c1-17(18-9-3-2-4-10-18)23(15-19-11-5-7-13-21-19)16-20-12-6-8-14-22-20/h2-14,17H,15-16H2,1H3. The molecular weight excluding hydrogens is 282 g/mol. The second-order valence-corrected chi connectivity index (χ2v) is 5.63. The Hall–Kier alpha value is -2.52. The summed E-state index contributed by atoms with van der Waals surface area (Å²) in [5, 5.41) is 0. The highest BCUT2D eigenvalue weighted by Crippen LogP contribution is 2.23. The van der Waals surface area contributed by atoms with E-state index in [1.807, 2.05) is 36.7 Å². The predicted molar refractivity (Wildman–Crippen MR) is 92.6 cm³/mol. The first kappa shape index (κ1) is 15.4. The van der Waals surface area contributed by atoms with E-state index in [-0.39, 0.29) is 0 Å². The first-order valence-electron chi connectivity index (χ1n) is 7.92. The molecule has 0 fully saturated rings. The van der Waals surface area contributed by atoms with Gasteiger partial charge < -0.3 is 0 Å². The maximum absolute atomic E-state index is 4.47. The average Bonchev–Trinajstić information content (AvgIpc) is 2.63. The molecule has 3 rings (SSSR count). The maximum Gasteiger partial charge on any atom is 0.0544 e. The van der Waals surface area contributed by atoms with Crippen molar-refractivity contribution < 1.29 is 0 Å². The van der Waals surface area contributed by atoms with Gasteiger partial charge in [0.15, 0.2) is 0 Å². The van der Waals surface area contributed by atoms with Gasteiger partial charge >= 0.3 is 0 Å². The lowest BCUT2D eigenvalue weighted by molar-refractivity contribution is 0.187. The summed E-state index contributed by atoms with van der Waals surface area (Å²) in [6.07, 6.45) is 3.70. The van der Waals surface area contributed by atoms with Gasteiger partial charge in [0.1, 0.15) is 0 Å². The molecule has 0 spiro atoms. The second kappa shape index (κ2) is 7.65. The number of hydrogen-bond donors (Lipinski definition) is 0. The normalized spacial score (nSPS) is 12.3. The third-order valence-electron chi connectivity index (χ3n) is 4.01. The minimum Gasteiger partial charge on any atom is -0.285 e. The van der Waals surface area contributed by atoms with Gasteiger partial charge in [-0.05, 0) is 36.8 Å². The smallest absolute Gasteiger partial charge is 0.0544 e. The zero-order valence-corrected chi connectivity index (χ0v) is 13.3. The van der Waals surface area contributed by atoms with Gasteiger partial charge in [0.2, 0.25) is 0 Å². The zero-order chi connectivity index (χ0) is 15.9. The minimum atomic E-state index is 0.292. The Kier molecular flexibility index (Phi) is 5.12.